The summed E-state index contributed by atoms with van der Waals surface area (Å²) in [5.41, 5.74) is 1.68. The lowest BCUT2D eigenvalue weighted by molar-refractivity contribution is -0.151. The second-order valence-electron chi connectivity index (χ2n) is 7.11. The van der Waals surface area contributed by atoms with Gasteiger partial charge in [0.1, 0.15) is 29.8 Å². The summed E-state index contributed by atoms with van der Waals surface area (Å²) >= 11 is 0. The van der Waals surface area contributed by atoms with Crippen LogP contribution < -0.4 is 14.8 Å². The number of carbonyl (C=O) groups is 1. The van der Waals surface area contributed by atoms with Gasteiger partial charge in [-0.15, -0.1) is 0 Å². The number of halogens is 3. The van der Waals surface area contributed by atoms with Gasteiger partial charge in [0.15, 0.2) is 5.65 Å². The molecule has 1 amide bonds. The summed E-state index contributed by atoms with van der Waals surface area (Å²) in [7, 11) is 0. The molecule has 0 fully saturated rings. The number of anilines is 1. The molecule has 13 heteroatoms. The van der Waals surface area contributed by atoms with Crippen LogP contribution in [0.2, 0.25) is 0 Å². The fourth-order valence-corrected chi connectivity index (χ4v) is 3.65. The normalized spacial score (nSPS) is 15.0. The van der Waals surface area contributed by atoms with E-state index in [1.165, 1.54) is 35.2 Å². The molecule has 170 valence electrons. The van der Waals surface area contributed by atoms with E-state index in [-0.39, 0.29) is 41.3 Å². The molecule has 1 aliphatic rings. The Balaban J connectivity index is 1.49. The van der Waals surface area contributed by atoms with E-state index in [9.17, 15) is 18.1 Å². The number of benzene rings is 1. The average Bonchev–Trinajstić information content (AvgIpc) is 3.50. The predicted molar refractivity (Wildman–Crippen MR) is 107 cm³/mol. The summed E-state index contributed by atoms with van der Waals surface area (Å²) in [6.07, 6.45) is 5.50. The summed E-state index contributed by atoms with van der Waals surface area (Å²) < 4.78 is 50.2. The molecule has 0 aliphatic carbocycles. The first kappa shape index (κ1) is 20.8. The zero-order valence-electron chi connectivity index (χ0n) is 16.7. The van der Waals surface area contributed by atoms with Crippen LogP contribution in [-0.4, -0.2) is 50.0 Å². The molecular weight excluding hydrogens is 445 g/mol. The summed E-state index contributed by atoms with van der Waals surface area (Å²) in [5.74, 6) is -0.334. The lowest BCUT2D eigenvalue weighted by Gasteiger charge is -2.13. The first-order chi connectivity index (χ1) is 16.0. The van der Waals surface area contributed by atoms with Crippen LogP contribution in [0.4, 0.5) is 19.0 Å². The molecule has 1 aliphatic heterocycles. The number of aromatic amines is 1. The molecule has 0 saturated heterocycles. The first-order valence-corrected chi connectivity index (χ1v) is 9.69. The molecule has 4 aromatic rings. The number of rotatable bonds is 7. The van der Waals surface area contributed by atoms with Gasteiger partial charge in [-0.2, -0.15) is 23.9 Å². The maximum Gasteiger partial charge on any atom is 0.387 e. The molecule has 1 atom stereocenters. The molecule has 0 radical (unpaired) electrons. The maximum absolute atomic E-state index is 13.1. The second-order valence-corrected chi connectivity index (χ2v) is 7.11. The van der Waals surface area contributed by atoms with Crippen molar-refractivity contribution in [3.63, 3.8) is 0 Å². The quantitative estimate of drug-likeness (QED) is 0.435. The van der Waals surface area contributed by atoms with E-state index in [0.717, 1.165) is 0 Å². The van der Waals surface area contributed by atoms with Crippen molar-refractivity contribution < 1.29 is 32.5 Å². The third kappa shape index (κ3) is 3.93. The Labute approximate surface area is 183 Å². The van der Waals surface area contributed by atoms with Gasteiger partial charge in [-0.25, -0.2) is 9.50 Å². The summed E-state index contributed by atoms with van der Waals surface area (Å²) in [5, 5.41) is 13.4. The van der Waals surface area contributed by atoms with Crippen molar-refractivity contribution in [2.75, 3.05) is 11.9 Å². The Hall–Kier alpha value is -4.13. The number of hydrogen-bond donors (Lipinski definition) is 2. The number of ether oxygens (including phenoxy) is 2. The molecule has 1 aromatic carbocycles. The van der Waals surface area contributed by atoms with E-state index in [4.69, 9.17) is 9.47 Å². The van der Waals surface area contributed by atoms with Crippen LogP contribution in [0.15, 0.2) is 43.0 Å². The molecule has 33 heavy (non-hydrogen) atoms. The number of aromatic nitrogens is 5. The van der Waals surface area contributed by atoms with Crippen LogP contribution in [0.5, 0.6) is 11.5 Å². The summed E-state index contributed by atoms with van der Waals surface area (Å²) in [6.45, 7) is -3.41. The molecular formula is C20H15F3N6O4. The minimum Gasteiger partial charge on any atom is -0.487 e. The van der Waals surface area contributed by atoms with Crippen LogP contribution in [0.25, 0.3) is 16.9 Å². The van der Waals surface area contributed by atoms with Gasteiger partial charge in [0.25, 0.3) is 5.91 Å². The number of amides is 1. The minimum absolute atomic E-state index is 0.161. The van der Waals surface area contributed by atoms with Gasteiger partial charge < -0.3 is 14.8 Å². The third-order valence-corrected chi connectivity index (χ3v) is 5.05. The standard InChI is InChI=1S/C20H15F3N6O4/c21-20(22)33-16-5-10-4-11(9-31-23)32-15(10)6-12(16)17-14(8-25-28-17)27-19(30)13-7-26-29-3-1-2-24-18(13)29/h1-3,5-8,11,20H,4,9H2,(H,25,28)(H,27,30). The van der Waals surface area contributed by atoms with Gasteiger partial charge in [-0.05, 0) is 22.7 Å². The second kappa shape index (κ2) is 8.43. The lowest BCUT2D eigenvalue weighted by atomic mass is 10.0. The van der Waals surface area contributed by atoms with Gasteiger partial charge in [0.05, 0.1) is 23.8 Å². The van der Waals surface area contributed by atoms with Crippen molar-refractivity contribution >= 4 is 17.2 Å². The van der Waals surface area contributed by atoms with E-state index in [2.05, 4.69) is 30.5 Å². The number of fused-ring (bicyclic) bond motifs is 2. The number of H-pyrrole nitrogens is 1. The molecule has 0 bridgehead atoms. The molecule has 3 aromatic heterocycles. The smallest absolute Gasteiger partial charge is 0.387 e. The van der Waals surface area contributed by atoms with Gasteiger partial charge in [-0.3, -0.25) is 9.89 Å². The van der Waals surface area contributed by atoms with Gasteiger partial charge in [-0.1, -0.05) is 0 Å². The summed E-state index contributed by atoms with van der Waals surface area (Å²) in [4.78, 5) is 20.6. The van der Waals surface area contributed by atoms with E-state index < -0.39 is 18.6 Å². The predicted octanol–water partition coefficient (Wildman–Crippen LogP) is 3.18. The van der Waals surface area contributed by atoms with Crippen molar-refractivity contribution in [2.24, 2.45) is 0 Å². The first-order valence-electron chi connectivity index (χ1n) is 9.69. The average molecular weight is 460 g/mol. The molecule has 2 N–H and O–H groups in total. The van der Waals surface area contributed by atoms with Crippen molar-refractivity contribution in [1.29, 1.82) is 0 Å². The zero-order valence-corrected chi connectivity index (χ0v) is 16.7. The van der Waals surface area contributed by atoms with Crippen LogP contribution >= 0.6 is 0 Å². The molecule has 0 spiro atoms. The third-order valence-electron chi connectivity index (χ3n) is 5.05. The molecule has 0 saturated carbocycles. The van der Waals surface area contributed by atoms with E-state index in [0.29, 0.717) is 17.0 Å². The Kier molecular flexibility index (Phi) is 5.30. The SMILES string of the molecule is O=C(Nc1cn[nH]c1-c1cc2c(cc1OC(F)F)CC(COF)O2)c1cnn2cccnc12. The van der Waals surface area contributed by atoms with Gasteiger partial charge in [0.2, 0.25) is 0 Å². The van der Waals surface area contributed by atoms with Crippen LogP contribution in [0.3, 0.4) is 0 Å². The topological polar surface area (TPSA) is 116 Å². The van der Waals surface area contributed by atoms with Crippen molar-refractivity contribution in [3.8, 4) is 22.8 Å². The number of hydrogen-bond acceptors (Lipinski definition) is 7. The highest BCUT2D eigenvalue weighted by atomic mass is 19.3. The van der Waals surface area contributed by atoms with Crippen LogP contribution in [-0.2, 0) is 11.4 Å². The highest BCUT2D eigenvalue weighted by molar-refractivity contribution is 6.09. The number of nitrogens with one attached hydrogen (secondary N) is 2. The monoisotopic (exact) mass is 460 g/mol. The highest BCUT2D eigenvalue weighted by Gasteiger charge is 2.28. The minimum atomic E-state index is -3.10. The molecule has 1 unspecified atom stereocenters. The number of carbonyl (C=O) groups excluding carboxylic acids is 1. The Bertz CT molecular complexity index is 1320. The van der Waals surface area contributed by atoms with Gasteiger partial charge >= 0.3 is 6.61 Å². The van der Waals surface area contributed by atoms with E-state index in [1.807, 2.05) is 0 Å². The van der Waals surface area contributed by atoms with Crippen molar-refractivity contribution in [3.05, 3.63) is 54.1 Å². The largest absolute Gasteiger partial charge is 0.487 e. The Morgan fingerprint density at radius 2 is 2.24 bits per heavy atom. The molecule has 4 heterocycles. The fourth-order valence-electron chi connectivity index (χ4n) is 3.65. The van der Waals surface area contributed by atoms with Crippen molar-refractivity contribution in [1.82, 2.24) is 24.8 Å². The number of nitrogens with zero attached hydrogens (tertiary/aromatic N) is 4. The molecule has 5 rings (SSSR count). The number of alkyl halides is 2. The lowest BCUT2D eigenvalue weighted by Crippen LogP contribution is -2.18. The van der Waals surface area contributed by atoms with E-state index >= 15 is 0 Å². The zero-order chi connectivity index (χ0) is 22.9. The van der Waals surface area contributed by atoms with Crippen molar-refractivity contribution in [2.45, 2.75) is 19.1 Å². The van der Waals surface area contributed by atoms with Crippen LogP contribution in [0, 0.1) is 0 Å². The van der Waals surface area contributed by atoms with Gasteiger partial charge in [0, 0.05) is 29.9 Å². The maximum atomic E-state index is 13.1. The Morgan fingerprint density at radius 3 is 3.06 bits per heavy atom. The highest BCUT2D eigenvalue weighted by Crippen LogP contribution is 2.42. The fraction of sp³-hybridized carbons (Fsp3) is 0.200. The van der Waals surface area contributed by atoms with Crippen LogP contribution in [0.1, 0.15) is 15.9 Å². The Morgan fingerprint density at radius 1 is 1.36 bits per heavy atom. The molecule has 10 nitrogen and oxygen atoms in total. The summed E-state index contributed by atoms with van der Waals surface area (Å²) in [6, 6.07) is 4.52. The van der Waals surface area contributed by atoms with E-state index in [1.54, 1.807) is 12.3 Å².